The highest BCUT2D eigenvalue weighted by Gasteiger charge is 2.22. The average molecular weight is 681 g/mol. The molecule has 0 aliphatic heterocycles. The van der Waals surface area contributed by atoms with Gasteiger partial charge >= 0.3 is 0 Å². The molecule has 5 heteroatoms. The minimum Gasteiger partial charge on any atom is -0.308 e. The van der Waals surface area contributed by atoms with E-state index in [1.54, 1.807) is 0 Å². The largest absolute Gasteiger partial charge is 0.308 e. The number of hydrogen-bond donors (Lipinski definition) is 0. The third kappa shape index (κ3) is 4.43. The summed E-state index contributed by atoms with van der Waals surface area (Å²) in [5.41, 5.74) is 6.37. The Morgan fingerprint density at radius 1 is 0.404 bits per heavy atom. The van der Waals surface area contributed by atoms with Gasteiger partial charge < -0.3 is 4.57 Å². The van der Waals surface area contributed by atoms with E-state index in [4.69, 9.17) is 15.0 Å². The van der Waals surface area contributed by atoms with Gasteiger partial charge in [0, 0.05) is 48.6 Å². The highest BCUT2D eigenvalue weighted by Crippen LogP contribution is 2.47. The van der Waals surface area contributed by atoms with Crippen molar-refractivity contribution >= 4 is 74.9 Å². The lowest BCUT2D eigenvalue weighted by atomic mass is 9.99. The van der Waals surface area contributed by atoms with E-state index in [2.05, 4.69) is 144 Å². The summed E-state index contributed by atoms with van der Waals surface area (Å²) < 4.78 is 5.05. The van der Waals surface area contributed by atoms with Crippen LogP contribution in [0.5, 0.6) is 0 Å². The van der Waals surface area contributed by atoms with Crippen LogP contribution in [0.3, 0.4) is 0 Å². The Morgan fingerprint density at radius 2 is 0.962 bits per heavy atom. The Labute approximate surface area is 302 Å². The molecule has 8 aromatic carbocycles. The fourth-order valence-corrected chi connectivity index (χ4v) is 9.09. The molecule has 4 nitrogen and oxygen atoms in total. The molecule has 0 aliphatic carbocycles. The van der Waals surface area contributed by atoms with Crippen LogP contribution in [-0.2, 0) is 0 Å². The topological polar surface area (TPSA) is 43.6 Å². The molecule has 0 spiro atoms. The van der Waals surface area contributed by atoms with E-state index in [1.165, 1.54) is 58.1 Å². The van der Waals surface area contributed by atoms with Crippen molar-refractivity contribution in [3.05, 3.63) is 170 Å². The molecular formula is C47H28N4S. The zero-order chi connectivity index (χ0) is 34.2. The zero-order valence-electron chi connectivity index (χ0n) is 27.9. The number of rotatable bonds is 4. The Hall–Kier alpha value is -6.69. The van der Waals surface area contributed by atoms with Gasteiger partial charge in [0.25, 0.3) is 0 Å². The number of aromatic nitrogens is 4. The molecule has 11 aromatic rings. The SMILES string of the molecule is c1ccc(-c2nc(-c3ccc(-n4c5ccccc5c5c6ccccc6c6c7ccccc7sc6c54)cc3)nc(-c3ccc4ccccc4c3)n2)cc1. The van der Waals surface area contributed by atoms with Gasteiger partial charge in [-0.25, -0.2) is 15.0 Å². The average Bonchev–Trinajstić information content (AvgIpc) is 3.78. The predicted molar refractivity (Wildman–Crippen MR) is 218 cm³/mol. The first-order chi connectivity index (χ1) is 25.8. The normalized spacial score (nSPS) is 11.8. The Kier molecular flexibility index (Phi) is 6.39. The van der Waals surface area contributed by atoms with Crippen LogP contribution in [-0.4, -0.2) is 19.5 Å². The maximum Gasteiger partial charge on any atom is 0.164 e. The summed E-state index contributed by atoms with van der Waals surface area (Å²) in [4.78, 5) is 15.1. The van der Waals surface area contributed by atoms with Crippen molar-refractivity contribution in [2.24, 2.45) is 0 Å². The van der Waals surface area contributed by atoms with Crippen LogP contribution < -0.4 is 0 Å². The first-order valence-electron chi connectivity index (χ1n) is 17.5. The van der Waals surface area contributed by atoms with Crippen LogP contribution in [0.2, 0.25) is 0 Å². The summed E-state index contributed by atoms with van der Waals surface area (Å²) in [6, 6.07) is 60.1. The van der Waals surface area contributed by atoms with Crippen molar-refractivity contribution in [3.8, 4) is 39.9 Å². The molecule has 0 atom stereocenters. The highest BCUT2D eigenvalue weighted by molar-refractivity contribution is 7.27. The van der Waals surface area contributed by atoms with Gasteiger partial charge in [0.05, 0.1) is 15.7 Å². The van der Waals surface area contributed by atoms with Gasteiger partial charge in [0.1, 0.15) is 0 Å². The van der Waals surface area contributed by atoms with E-state index in [9.17, 15) is 0 Å². The third-order valence-corrected chi connectivity index (χ3v) is 11.4. The summed E-state index contributed by atoms with van der Waals surface area (Å²) >= 11 is 1.88. The van der Waals surface area contributed by atoms with E-state index in [0.717, 1.165) is 27.8 Å². The summed E-state index contributed by atoms with van der Waals surface area (Å²) in [5, 5.41) is 10.1. The number of hydrogen-bond acceptors (Lipinski definition) is 4. The van der Waals surface area contributed by atoms with Crippen LogP contribution in [0, 0.1) is 0 Å². The quantitative estimate of drug-likeness (QED) is 0.186. The van der Waals surface area contributed by atoms with Crippen molar-refractivity contribution < 1.29 is 0 Å². The van der Waals surface area contributed by atoms with Gasteiger partial charge in [-0.3, -0.25) is 0 Å². The minimum absolute atomic E-state index is 0.642. The van der Waals surface area contributed by atoms with Crippen molar-refractivity contribution in [1.82, 2.24) is 19.5 Å². The number of benzene rings is 8. The van der Waals surface area contributed by atoms with E-state index < -0.39 is 0 Å². The molecule has 52 heavy (non-hydrogen) atoms. The molecule has 0 unspecified atom stereocenters. The Morgan fingerprint density at radius 3 is 1.73 bits per heavy atom. The molecule has 3 heterocycles. The van der Waals surface area contributed by atoms with Crippen LogP contribution >= 0.6 is 11.3 Å². The molecule has 0 bridgehead atoms. The van der Waals surface area contributed by atoms with Crippen LogP contribution in [0.25, 0.3) is 103 Å². The van der Waals surface area contributed by atoms with Crippen LogP contribution in [0.15, 0.2) is 170 Å². The minimum atomic E-state index is 0.642. The summed E-state index contributed by atoms with van der Waals surface area (Å²) in [5.74, 6) is 1.95. The molecule has 0 radical (unpaired) electrons. The molecule has 0 N–H and O–H groups in total. The standard InChI is InChI=1S/C47H28N4S/c1-2-13-30(14-3-1)45-48-46(50-47(49-45)33-23-22-29-12-4-5-15-32(29)28-33)31-24-26-34(27-25-31)51-39-20-10-8-18-37(39)41-35-16-6-7-17-36(35)42-38-19-9-11-21-40(38)52-44(42)43(41)51/h1-28H. The van der Waals surface area contributed by atoms with Gasteiger partial charge in [-0.05, 0) is 64.0 Å². The third-order valence-electron chi connectivity index (χ3n) is 10.2. The number of nitrogens with zero attached hydrogens (tertiary/aromatic N) is 4. The van der Waals surface area contributed by atoms with Crippen LogP contribution in [0.4, 0.5) is 0 Å². The van der Waals surface area contributed by atoms with Gasteiger partial charge in [-0.1, -0.05) is 127 Å². The molecule has 0 aliphatic rings. The van der Waals surface area contributed by atoms with E-state index in [-0.39, 0.29) is 0 Å². The first-order valence-corrected chi connectivity index (χ1v) is 18.3. The molecule has 0 saturated heterocycles. The summed E-state index contributed by atoms with van der Waals surface area (Å²) in [7, 11) is 0. The lowest BCUT2D eigenvalue weighted by molar-refractivity contribution is 1.07. The maximum atomic E-state index is 5.07. The van der Waals surface area contributed by atoms with Gasteiger partial charge in [-0.2, -0.15) is 0 Å². The van der Waals surface area contributed by atoms with Crippen LogP contribution in [0.1, 0.15) is 0 Å². The maximum absolute atomic E-state index is 5.07. The van der Waals surface area contributed by atoms with Crippen molar-refractivity contribution in [2.75, 3.05) is 0 Å². The summed E-state index contributed by atoms with van der Waals surface area (Å²) in [6.07, 6.45) is 0. The lowest BCUT2D eigenvalue weighted by Crippen LogP contribution is -2.00. The molecular weight excluding hydrogens is 653 g/mol. The fraction of sp³-hybridized carbons (Fsp3) is 0. The molecule has 0 fully saturated rings. The van der Waals surface area contributed by atoms with Gasteiger partial charge in [0.15, 0.2) is 17.5 Å². The van der Waals surface area contributed by atoms with E-state index in [0.29, 0.717) is 17.5 Å². The Balaban J connectivity index is 1.13. The van der Waals surface area contributed by atoms with E-state index in [1.807, 2.05) is 41.7 Å². The molecule has 3 aromatic heterocycles. The van der Waals surface area contributed by atoms with E-state index >= 15 is 0 Å². The van der Waals surface area contributed by atoms with Gasteiger partial charge in [0.2, 0.25) is 0 Å². The fourth-order valence-electron chi connectivity index (χ4n) is 7.83. The van der Waals surface area contributed by atoms with Crippen molar-refractivity contribution in [2.45, 2.75) is 0 Å². The number of thiophene rings is 1. The predicted octanol–water partition coefficient (Wildman–Crippen LogP) is 12.6. The second kappa shape index (κ2) is 11.4. The molecule has 0 saturated carbocycles. The first kappa shape index (κ1) is 29.1. The van der Waals surface area contributed by atoms with Gasteiger partial charge in [-0.15, -0.1) is 11.3 Å². The number of fused-ring (bicyclic) bond motifs is 11. The molecule has 242 valence electrons. The Bertz CT molecular complexity index is 3180. The zero-order valence-corrected chi connectivity index (χ0v) is 28.7. The second-order valence-corrected chi connectivity index (χ2v) is 14.3. The van der Waals surface area contributed by atoms with Crippen molar-refractivity contribution in [3.63, 3.8) is 0 Å². The molecule has 11 rings (SSSR count). The number of para-hydroxylation sites is 1. The smallest absolute Gasteiger partial charge is 0.164 e. The van der Waals surface area contributed by atoms with Crippen molar-refractivity contribution in [1.29, 1.82) is 0 Å². The lowest BCUT2D eigenvalue weighted by Gasteiger charge is -2.12. The second-order valence-electron chi connectivity index (χ2n) is 13.2. The monoisotopic (exact) mass is 680 g/mol. The summed E-state index contributed by atoms with van der Waals surface area (Å²) in [6.45, 7) is 0. The molecule has 0 amide bonds. The highest BCUT2D eigenvalue weighted by atomic mass is 32.1.